The Morgan fingerprint density at radius 3 is 2.65 bits per heavy atom. The summed E-state index contributed by atoms with van der Waals surface area (Å²) in [5.74, 6) is -1.25. The molecule has 4 N–H and O–H groups in total. The van der Waals surface area contributed by atoms with E-state index in [9.17, 15) is 14.3 Å². The molecule has 0 amide bonds. The van der Waals surface area contributed by atoms with Gasteiger partial charge in [0, 0.05) is 10.9 Å². The van der Waals surface area contributed by atoms with Crippen molar-refractivity contribution in [2.75, 3.05) is 0 Å². The SMILES string of the molecule is C[C@](N)(Cc1c(Br)cc(O)cc1CF)C(=O)O. The van der Waals surface area contributed by atoms with Crippen LogP contribution in [0, 0.1) is 0 Å². The number of carboxylic acid groups (broad SMARTS) is 1. The molecular formula is C11H13BrFNO3. The van der Waals surface area contributed by atoms with Crippen LogP contribution in [0.2, 0.25) is 0 Å². The number of phenols is 1. The van der Waals surface area contributed by atoms with Gasteiger partial charge in [-0.05, 0) is 30.2 Å². The lowest BCUT2D eigenvalue weighted by Crippen LogP contribution is -2.47. The summed E-state index contributed by atoms with van der Waals surface area (Å²) < 4.78 is 13.2. The highest BCUT2D eigenvalue weighted by atomic mass is 79.9. The molecule has 0 saturated heterocycles. The minimum atomic E-state index is -1.48. The van der Waals surface area contributed by atoms with Crippen LogP contribution in [-0.4, -0.2) is 21.7 Å². The van der Waals surface area contributed by atoms with E-state index in [1.54, 1.807) is 0 Å². The molecule has 1 atom stereocenters. The maximum Gasteiger partial charge on any atom is 0.323 e. The molecule has 0 unspecified atom stereocenters. The zero-order valence-corrected chi connectivity index (χ0v) is 10.8. The largest absolute Gasteiger partial charge is 0.508 e. The van der Waals surface area contributed by atoms with Crippen molar-refractivity contribution in [2.24, 2.45) is 5.73 Å². The van der Waals surface area contributed by atoms with Gasteiger partial charge < -0.3 is 15.9 Å². The van der Waals surface area contributed by atoms with Gasteiger partial charge in [0.15, 0.2) is 0 Å². The summed E-state index contributed by atoms with van der Waals surface area (Å²) in [6.45, 7) is 0.564. The second-order valence-corrected chi connectivity index (χ2v) is 4.95. The second kappa shape index (κ2) is 5.01. The molecule has 1 aromatic rings. The topological polar surface area (TPSA) is 83.5 Å². The Morgan fingerprint density at radius 2 is 2.18 bits per heavy atom. The van der Waals surface area contributed by atoms with Gasteiger partial charge in [-0.1, -0.05) is 15.9 Å². The van der Waals surface area contributed by atoms with Gasteiger partial charge >= 0.3 is 5.97 Å². The Balaban J connectivity index is 3.18. The molecule has 17 heavy (non-hydrogen) atoms. The molecule has 0 aliphatic carbocycles. The first-order chi connectivity index (χ1) is 7.77. The van der Waals surface area contributed by atoms with Crippen LogP contribution in [0.15, 0.2) is 16.6 Å². The molecule has 0 aliphatic heterocycles. The molecular weight excluding hydrogens is 293 g/mol. The first kappa shape index (κ1) is 13.9. The third-order valence-electron chi connectivity index (χ3n) is 2.45. The summed E-state index contributed by atoms with van der Waals surface area (Å²) in [6, 6.07) is 2.64. The number of aliphatic carboxylic acids is 1. The highest BCUT2D eigenvalue weighted by Crippen LogP contribution is 2.29. The van der Waals surface area contributed by atoms with Gasteiger partial charge in [-0.15, -0.1) is 0 Å². The first-order valence-electron chi connectivity index (χ1n) is 4.86. The molecule has 0 aliphatic rings. The monoisotopic (exact) mass is 305 g/mol. The Morgan fingerprint density at radius 1 is 1.59 bits per heavy atom. The Labute approximate surface area is 106 Å². The molecule has 0 heterocycles. The Kier molecular flexibility index (Phi) is 4.11. The van der Waals surface area contributed by atoms with E-state index >= 15 is 0 Å². The number of carboxylic acids is 1. The smallest absolute Gasteiger partial charge is 0.323 e. The fraction of sp³-hybridized carbons (Fsp3) is 0.364. The number of alkyl halides is 1. The molecule has 0 fully saturated rings. The highest BCUT2D eigenvalue weighted by Gasteiger charge is 2.30. The summed E-state index contributed by atoms with van der Waals surface area (Å²) in [5, 5.41) is 18.2. The molecule has 0 bridgehead atoms. The molecule has 0 saturated carbocycles. The van der Waals surface area contributed by atoms with Crippen LogP contribution in [-0.2, 0) is 17.9 Å². The van der Waals surface area contributed by atoms with Crippen LogP contribution in [0.4, 0.5) is 4.39 Å². The van der Waals surface area contributed by atoms with E-state index in [2.05, 4.69) is 15.9 Å². The summed E-state index contributed by atoms with van der Waals surface area (Å²) >= 11 is 3.17. The van der Waals surface area contributed by atoms with Crippen molar-refractivity contribution in [2.45, 2.75) is 25.6 Å². The molecule has 94 valence electrons. The fourth-order valence-electron chi connectivity index (χ4n) is 1.44. The maximum absolute atomic E-state index is 12.8. The average molecular weight is 306 g/mol. The summed E-state index contributed by atoms with van der Waals surface area (Å²) in [6.07, 6.45) is -0.0253. The number of carbonyl (C=O) groups is 1. The van der Waals surface area contributed by atoms with E-state index in [0.717, 1.165) is 0 Å². The van der Waals surface area contributed by atoms with Crippen molar-refractivity contribution < 1.29 is 19.4 Å². The van der Waals surface area contributed by atoms with Gasteiger partial charge in [-0.25, -0.2) is 4.39 Å². The summed E-state index contributed by atoms with van der Waals surface area (Å²) in [4.78, 5) is 10.9. The van der Waals surface area contributed by atoms with Gasteiger partial charge in [-0.2, -0.15) is 0 Å². The highest BCUT2D eigenvalue weighted by molar-refractivity contribution is 9.10. The van der Waals surface area contributed by atoms with E-state index in [1.165, 1.54) is 19.1 Å². The molecule has 1 aromatic carbocycles. The van der Waals surface area contributed by atoms with Gasteiger partial charge in [0.2, 0.25) is 0 Å². The predicted octanol–water partition coefficient (Wildman–Crippen LogP) is 1.97. The van der Waals surface area contributed by atoms with Crippen LogP contribution in [0.5, 0.6) is 5.75 Å². The number of nitrogens with two attached hydrogens (primary N) is 1. The molecule has 6 heteroatoms. The van der Waals surface area contributed by atoms with Gasteiger partial charge in [0.25, 0.3) is 0 Å². The molecule has 0 aromatic heterocycles. The Bertz CT molecular complexity index is 449. The van der Waals surface area contributed by atoms with Gasteiger partial charge in [-0.3, -0.25) is 4.79 Å². The van der Waals surface area contributed by atoms with Crippen molar-refractivity contribution >= 4 is 21.9 Å². The van der Waals surface area contributed by atoms with Gasteiger partial charge in [0.1, 0.15) is 18.0 Å². The van der Waals surface area contributed by atoms with Crippen LogP contribution in [0.25, 0.3) is 0 Å². The number of halogens is 2. The first-order valence-corrected chi connectivity index (χ1v) is 5.65. The minimum absolute atomic E-state index is 0.0253. The number of rotatable bonds is 4. The zero-order valence-electron chi connectivity index (χ0n) is 9.20. The normalized spacial score (nSPS) is 14.4. The van der Waals surface area contributed by atoms with Crippen LogP contribution in [0.1, 0.15) is 18.1 Å². The van der Waals surface area contributed by atoms with E-state index in [4.69, 9.17) is 10.8 Å². The van der Waals surface area contributed by atoms with E-state index in [1.807, 2.05) is 0 Å². The van der Waals surface area contributed by atoms with E-state index in [-0.39, 0.29) is 17.7 Å². The van der Waals surface area contributed by atoms with Gasteiger partial charge in [0.05, 0.1) is 0 Å². The standard InChI is InChI=1S/C11H13BrFNO3/c1-11(14,10(16)17)4-8-6(5-13)2-7(15)3-9(8)12/h2-3,15H,4-5,14H2,1H3,(H,16,17)/t11-/m0/s1. The number of hydrogen-bond acceptors (Lipinski definition) is 3. The Hall–Kier alpha value is -1.14. The van der Waals surface area contributed by atoms with Crippen LogP contribution < -0.4 is 5.73 Å². The van der Waals surface area contributed by atoms with E-state index in [0.29, 0.717) is 10.0 Å². The predicted molar refractivity (Wildman–Crippen MR) is 64.6 cm³/mol. The van der Waals surface area contributed by atoms with Crippen molar-refractivity contribution in [3.05, 3.63) is 27.7 Å². The number of hydrogen-bond donors (Lipinski definition) is 3. The molecule has 0 radical (unpaired) electrons. The van der Waals surface area contributed by atoms with Crippen LogP contribution in [0.3, 0.4) is 0 Å². The fourth-order valence-corrected chi connectivity index (χ4v) is 2.07. The van der Waals surface area contributed by atoms with Crippen molar-refractivity contribution in [3.63, 3.8) is 0 Å². The van der Waals surface area contributed by atoms with Crippen molar-refractivity contribution in [1.82, 2.24) is 0 Å². The number of benzene rings is 1. The third kappa shape index (κ3) is 3.17. The lowest BCUT2D eigenvalue weighted by molar-refractivity contribution is -0.142. The average Bonchev–Trinajstić information content (AvgIpc) is 2.21. The summed E-state index contributed by atoms with van der Waals surface area (Å²) in [5.41, 5.74) is 4.82. The molecule has 0 spiro atoms. The zero-order chi connectivity index (χ0) is 13.2. The lowest BCUT2D eigenvalue weighted by Gasteiger charge is -2.21. The maximum atomic E-state index is 12.8. The molecule has 4 nitrogen and oxygen atoms in total. The second-order valence-electron chi connectivity index (χ2n) is 4.10. The van der Waals surface area contributed by atoms with Crippen molar-refractivity contribution in [3.8, 4) is 5.75 Å². The lowest BCUT2D eigenvalue weighted by atomic mass is 9.91. The molecule has 1 rings (SSSR count). The number of aromatic hydroxyl groups is 1. The third-order valence-corrected chi connectivity index (χ3v) is 3.16. The van der Waals surface area contributed by atoms with Crippen LogP contribution >= 0.6 is 15.9 Å². The van der Waals surface area contributed by atoms with E-state index < -0.39 is 18.2 Å². The van der Waals surface area contributed by atoms with Crippen molar-refractivity contribution in [1.29, 1.82) is 0 Å². The quantitative estimate of drug-likeness (QED) is 0.794. The summed E-state index contributed by atoms with van der Waals surface area (Å²) in [7, 11) is 0. The minimum Gasteiger partial charge on any atom is -0.508 e. The number of phenolic OH excluding ortho intramolecular Hbond substituents is 1.